The SMILES string of the molecule is COCCOc1ccc(NC(C)c2ccc(O)cc2)cn1. The molecular formula is C16H20N2O3. The van der Waals surface area contributed by atoms with E-state index in [0.717, 1.165) is 11.3 Å². The summed E-state index contributed by atoms with van der Waals surface area (Å²) in [6, 6.07) is 11.0. The lowest BCUT2D eigenvalue weighted by atomic mass is 10.1. The Labute approximate surface area is 124 Å². The summed E-state index contributed by atoms with van der Waals surface area (Å²) < 4.78 is 10.3. The van der Waals surface area contributed by atoms with Gasteiger partial charge in [0.25, 0.3) is 0 Å². The molecule has 2 aromatic rings. The Morgan fingerprint density at radius 1 is 1.14 bits per heavy atom. The number of benzene rings is 1. The molecule has 21 heavy (non-hydrogen) atoms. The van der Waals surface area contributed by atoms with Gasteiger partial charge in [0.15, 0.2) is 0 Å². The molecule has 1 aromatic carbocycles. The van der Waals surface area contributed by atoms with Crippen molar-refractivity contribution in [3.05, 3.63) is 48.2 Å². The van der Waals surface area contributed by atoms with Crippen molar-refractivity contribution in [3.63, 3.8) is 0 Å². The third-order valence-electron chi connectivity index (χ3n) is 3.05. The molecule has 2 N–H and O–H groups in total. The average molecular weight is 288 g/mol. The van der Waals surface area contributed by atoms with Crippen molar-refractivity contribution in [3.8, 4) is 11.6 Å². The van der Waals surface area contributed by atoms with Crippen LogP contribution in [-0.2, 0) is 4.74 Å². The Balaban J connectivity index is 1.91. The molecule has 0 radical (unpaired) electrons. The number of pyridine rings is 1. The number of methoxy groups -OCH3 is 1. The predicted molar refractivity (Wildman–Crippen MR) is 81.8 cm³/mol. The van der Waals surface area contributed by atoms with E-state index in [1.54, 1.807) is 25.4 Å². The quantitative estimate of drug-likeness (QED) is 0.767. The lowest BCUT2D eigenvalue weighted by molar-refractivity contribution is 0.144. The number of anilines is 1. The largest absolute Gasteiger partial charge is 0.508 e. The van der Waals surface area contributed by atoms with Gasteiger partial charge in [0.1, 0.15) is 12.4 Å². The van der Waals surface area contributed by atoms with Gasteiger partial charge in [0.05, 0.1) is 18.5 Å². The van der Waals surface area contributed by atoms with Crippen molar-refractivity contribution in [2.24, 2.45) is 0 Å². The lowest BCUT2D eigenvalue weighted by Gasteiger charge is -2.15. The minimum Gasteiger partial charge on any atom is -0.508 e. The maximum atomic E-state index is 9.29. The molecule has 1 unspecified atom stereocenters. The van der Waals surface area contributed by atoms with Gasteiger partial charge in [-0.1, -0.05) is 12.1 Å². The van der Waals surface area contributed by atoms with Crippen LogP contribution < -0.4 is 10.1 Å². The number of hydrogen-bond donors (Lipinski definition) is 2. The van der Waals surface area contributed by atoms with Crippen molar-refractivity contribution < 1.29 is 14.6 Å². The van der Waals surface area contributed by atoms with E-state index in [4.69, 9.17) is 9.47 Å². The van der Waals surface area contributed by atoms with Crippen LogP contribution in [0, 0.1) is 0 Å². The molecule has 0 amide bonds. The first-order valence-corrected chi connectivity index (χ1v) is 6.82. The smallest absolute Gasteiger partial charge is 0.213 e. The topological polar surface area (TPSA) is 63.6 Å². The van der Waals surface area contributed by atoms with Crippen LogP contribution >= 0.6 is 0 Å². The Kier molecular flexibility index (Phi) is 5.40. The Morgan fingerprint density at radius 2 is 1.90 bits per heavy atom. The zero-order chi connectivity index (χ0) is 15.1. The summed E-state index contributed by atoms with van der Waals surface area (Å²) in [5, 5.41) is 12.6. The molecule has 0 bridgehead atoms. The second-order valence-electron chi connectivity index (χ2n) is 4.68. The van der Waals surface area contributed by atoms with E-state index >= 15 is 0 Å². The highest BCUT2D eigenvalue weighted by molar-refractivity contribution is 5.44. The van der Waals surface area contributed by atoms with Gasteiger partial charge >= 0.3 is 0 Å². The third-order valence-corrected chi connectivity index (χ3v) is 3.05. The number of nitrogens with zero attached hydrogens (tertiary/aromatic N) is 1. The molecule has 0 saturated carbocycles. The summed E-state index contributed by atoms with van der Waals surface area (Å²) in [5.74, 6) is 0.847. The summed E-state index contributed by atoms with van der Waals surface area (Å²) in [4.78, 5) is 4.23. The first kappa shape index (κ1) is 15.1. The fourth-order valence-electron chi connectivity index (χ4n) is 1.88. The van der Waals surface area contributed by atoms with Crippen LogP contribution in [0.5, 0.6) is 11.6 Å². The van der Waals surface area contributed by atoms with Gasteiger partial charge in [-0.2, -0.15) is 0 Å². The van der Waals surface area contributed by atoms with Gasteiger partial charge in [0, 0.05) is 19.2 Å². The minimum absolute atomic E-state index is 0.118. The van der Waals surface area contributed by atoms with Crippen LogP contribution in [0.15, 0.2) is 42.6 Å². The van der Waals surface area contributed by atoms with Gasteiger partial charge < -0.3 is 19.9 Å². The standard InChI is InChI=1S/C16H20N2O3/c1-12(13-3-6-15(19)7-4-13)18-14-5-8-16(17-11-14)21-10-9-20-2/h3-8,11-12,18-19H,9-10H2,1-2H3. The average Bonchev–Trinajstić information content (AvgIpc) is 2.50. The van der Waals surface area contributed by atoms with Gasteiger partial charge in [0.2, 0.25) is 5.88 Å². The van der Waals surface area contributed by atoms with E-state index in [-0.39, 0.29) is 11.8 Å². The summed E-state index contributed by atoms with van der Waals surface area (Å²) in [7, 11) is 1.63. The molecule has 5 nitrogen and oxygen atoms in total. The van der Waals surface area contributed by atoms with Crippen LogP contribution in [0.4, 0.5) is 5.69 Å². The highest BCUT2D eigenvalue weighted by Crippen LogP contribution is 2.21. The molecule has 1 atom stereocenters. The number of hydrogen-bond acceptors (Lipinski definition) is 5. The first-order valence-electron chi connectivity index (χ1n) is 6.82. The number of aromatic nitrogens is 1. The number of ether oxygens (including phenoxy) is 2. The van der Waals surface area contributed by atoms with Crippen LogP contribution in [0.25, 0.3) is 0 Å². The van der Waals surface area contributed by atoms with Crippen molar-refractivity contribution in [1.29, 1.82) is 0 Å². The van der Waals surface area contributed by atoms with Crippen LogP contribution in [0.2, 0.25) is 0 Å². The number of aromatic hydroxyl groups is 1. The monoisotopic (exact) mass is 288 g/mol. The van der Waals surface area contributed by atoms with E-state index < -0.39 is 0 Å². The van der Waals surface area contributed by atoms with Gasteiger partial charge in [-0.05, 0) is 30.7 Å². The van der Waals surface area contributed by atoms with Crippen LogP contribution in [0.1, 0.15) is 18.5 Å². The van der Waals surface area contributed by atoms with E-state index in [1.807, 2.05) is 24.3 Å². The summed E-state index contributed by atoms with van der Waals surface area (Å²) >= 11 is 0. The first-order chi connectivity index (χ1) is 10.2. The van der Waals surface area contributed by atoms with Crippen molar-refractivity contribution in [2.75, 3.05) is 25.6 Å². The second-order valence-corrected chi connectivity index (χ2v) is 4.68. The van der Waals surface area contributed by atoms with Gasteiger partial charge in [-0.15, -0.1) is 0 Å². The highest BCUT2D eigenvalue weighted by atomic mass is 16.5. The molecule has 0 spiro atoms. The third kappa shape index (κ3) is 4.65. The molecule has 0 aliphatic rings. The maximum Gasteiger partial charge on any atom is 0.213 e. The number of nitrogens with one attached hydrogen (secondary N) is 1. The van der Waals surface area contributed by atoms with Gasteiger partial charge in [-0.3, -0.25) is 0 Å². The van der Waals surface area contributed by atoms with E-state index in [2.05, 4.69) is 17.2 Å². The molecule has 0 aliphatic heterocycles. The summed E-state index contributed by atoms with van der Waals surface area (Å²) in [6.07, 6.45) is 1.74. The predicted octanol–water partition coefficient (Wildman–Crippen LogP) is 2.99. The maximum absolute atomic E-state index is 9.29. The molecule has 5 heteroatoms. The molecule has 112 valence electrons. The Bertz CT molecular complexity index is 540. The van der Waals surface area contributed by atoms with E-state index in [1.165, 1.54) is 0 Å². The second kappa shape index (κ2) is 7.50. The normalized spacial score (nSPS) is 11.9. The number of phenolic OH excluding ortho intramolecular Hbond substituents is 1. The zero-order valence-corrected chi connectivity index (χ0v) is 12.2. The van der Waals surface area contributed by atoms with Crippen molar-refractivity contribution in [2.45, 2.75) is 13.0 Å². The van der Waals surface area contributed by atoms with Crippen LogP contribution in [-0.4, -0.2) is 30.4 Å². The van der Waals surface area contributed by atoms with Crippen molar-refractivity contribution >= 4 is 5.69 Å². The van der Waals surface area contributed by atoms with Gasteiger partial charge in [-0.25, -0.2) is 4.98 Å². The molecule has 0 aliphatic carbocycles. The number of phenols is 1. The van der Waals surface area contributed by atoms with E-state index in [9.17, 15) is 5.11 Å². The zero-order valence-electron chi connectivity index (χ0n) is 12.2. The fourth-order valence-corrected chi connectivity index (χ4v) is 1.88. The highest BCUT2D eigenvalue weighted by Gasteiger charge is 2.06. The molecule has 0 saturated heterocycles. The summed E-state index contributed by atoms with van der Waals surface area (Å²) in [6.45, 7) is 3.08. The fraction of sp³-hybridized carbons (Fsp3) is 0.312. The minimum atomic E-state index is 0.118. The lowest BCUT2D eigenvalue weighted by Crippen LogP contribution is -2.08. The van der Waals surface area contributed by atoms with E-state index in [0.29, 0.717) is 19.1 Å². The molecule has 1 heterocycles. The Hall–Kier alpha value is -2.27. The van der Waals surface area contributed by atoms with Crippen molar-refractivity contribution in [1.82, 2.24) is 4.98 Å². The number of rotatable bonds is 7. The molecular weight excluding hydrogens is 268 g/mol. The van der Waals surface area contributed by atoms with Crippen LogP contribution in [0.3, 0.4) is 0 Å². The molecule has 1 aromatic heterocycles. The Morgan fingerprint density at radius 3 is 2.52 bits per heavy atom. The summed E-state index contributed by atoms with van der Waals surface area (Å²) in [5.41, 5.74) is 2.00. The molecule has 2 rings (SSSR count). The molecule has 0 fully saturated rings.